The Labute approximate surface area is 63.1 Å². The number of nitrogens with zero attached hydrogens (tertiary/aromatic N) is 2. The summed E-state index contributed by atoms with van der Waals surface area (Å²) in [6.45, 7) is 0. The van der Waals surface area contributed by atoms with E-state index in [0.717, 1.165) is 0 Å². The van der Waals surface area contributed by atoms with Crippen LogP contribution in [0.25, 0.3) is 5.53 Å². The summed E-state index contributed by atoms with van der Waals surface area (Å²) in [5.41, 5.74) is 8.57. The van der Waals surface area contributed by atoms with Crippen molar-refractivity contribution in [3.63, 3.8) is 0 Å². The van der Waals surface area contributed by atoms with Gasteiger partial charge in [-0.1, -0.05) is 12.2 Å². The molecule has 0 aromatic carbocycles. The topological polar surface area (TPSA) is 76.5 Å². The van der Waals surface area contributed by atoms with E-state index in [2.05, 4.69) is 4.79 Å². The molecule has 0 radical (unpaired) electrons. The van der Waals surface area contributed by atoms with E-state index in [9.17, 15) is 9.90 Å². The van der Waals surface area contributed by atoms with Crippen LogP contribution in [-0.2, 0) is 4.79 Å². The van der Waals surface area contributed by atoms with Crippen molar-refractivity contribution in [3.05, 3.63) is 29.8 Å². The lowest BCUT2D eigenvalue weighted by Gasteiger charge is -2.08. The van der Waals surface area contributed by atoms with Gasteiger partial charge in [0.25, 0.3) is 0 Å². The Hall–Kier alpha value is -1.67. The Bertz CT molecular complexity index is 269. The molecule has 0 unspecified atom stereocenters. The fourth-order valence-electron chi connectivity index (χ4n) is 0.748. The van der Waals surface area contributed by atoms with Crippen LogP contribution in [0, 0.1) is 5.92 Å². The van der Waals surface area contributed by atoms with Gasteiger partial charge in [0.2, 0.25) is 0 Å². The van der Waals surface area contributed by atoms with Crippen LogP contribution >= 0.6 is 0 Å². The first-order chi connectivity index (χ1) is 5.24. The van der Waals surface area contributed by atoms with Crippen LogP contribution in [0.5, 0.6) is 0 Å². The third-order valence-electron chi connectivity index (χ3n) is 1.34. The third kappa shape index (κ3) is 1.63. The first-order valence-corrected chi connectivity index (χ1v) is 3.03. The molecule has 0 heterocycles. The zero-order valence-electron chi connectivity index (χ0n) is 5.60. The highest BCUT2D eigenvalue weighted by Gasteiger charge is 2.09. The van der Waals surface area contributed by atoms with Crippen LogP contribution in [0.3, 0.4) is 0 Å². The van der Waals surface area contributed by atoms with Crippen LogP contribution in [0.2, 0.25) is 0 Å². The number of rotatable bonds is 1. The van der Waals surface area contributed by atoms with Gasteiger partial charge in [-0.2, -0.15) is 4.79 Å². The maximum Gasteiger partial charge on any atom is 0.314 e. The summed E-state index contributed by atoms with van der Waals surface area (Å²) in [7, 11) is 0. The highest BCUT2D eigenvalue weighted by Crippen LogP contribution is 2.05. The summed E-state index contributed by atoms with van der Waals surface area (Å²) in [5.74, 6) is -1.87. The molecule has 0 aliphatic heterocycles. The minimum absolute atomic E-state index is 0.336. The largest absolute Gasteiger partial charge is 0.549 e. The van der Waals surface area contributed by atoms with E-state index in [1.165, 1.54) is 24.3 Å². The molecule has 0 bridgehead atoms. The van der Waals surface area contributed by atoms with Gasteiger partial charge in [-0.05, 0) is 0 Å². The van der Waals surface area contributed by atoms with Gasteiger partial charge in [0, 0.05) is 18.1 Å². The minimum atomic E-state index is -1.16. The minimum Gasteiger partial charge on any atom is -0.549 e. The molecule has 1 aliphatic rings. The molecular formula is C7H5N2O2-. The van der Waals surface area contributed by atoms with Crippen molar-refractivity contribution < 1.29 is 14.7 Å². The molecule has 0 spiro atoms. The zero-order chi connectivity index (χ0) is 8.27. The third-order valence-corrected chi connectivity index (χ3v) is 1.34. The Kier molecular flexibility index (Phi) is 1.99. The molecule has 0 atom stereocenters. The lowest BCUT2D eigenvalue weighted by atomic mass is 10.0. The van der Waals surface area contributed by atoms with Crippen LogP contribution in [-0.4, -0.2) is 16.5 Å². The summed E-state index contributed by atoms with van der Waals surface area (Å²) >= 11 is 0. The average Bonchev–Trinajstić information content (AvgIpc) is 2.05. The smallest absolute Gasteiger partial charge is 0.314 e. The van der Waals surface area contributed by atoms with E-state index in [4.69, 9.17) is 5.53 Å². The number of carboxylic acids is 1. The van der Waals surface area contributed by atoms with Crippen molar-refractivity contribution in [1.29, 1.82) is 0 Å². The SMILES string of the molecule is [N-]=[N+]=C1C=CC(C(=O)[O-])C=C1. The molecule has 0 saturated carbocycles. The molecule has 0 N–H and O–H groups in total. The fraction of sp³-hybridized carbons (Fsp3) is 0.143. The van der Waals surface area contributed by atoms with Crippen LogP contribution in [0.15, 0.2) is 24.3 Å². The monoisotopic (exact) mass is 149 g/mol. The van der Waals surface area contributed by atoms with Gasteiger partial charge in [0.1, 0.15) is 0 Å². The van der Waals surface area contributed by atoms with Gasteiger partial charge in [-0.15, -0.1) is 0 Å². The second-order valence-electron chi connectivity index (χ2n) is 2.09. The highest BCUT2D eigenvalue weighted by molar-refractivity contribution is 6.01. The van der Waals surface area contributed by atoms with Gasteiger partial charge < -0.3 is 15.4 Å². The summed E-state index contributed by atoms with van der Waals surface area (Å²) in [6.07, 6.45) is 5.62. The maximum absolute atomic E-state index is 10.2. The molecule has 0 aromatic rings. The fourth-order valence-corrected chi connectivity index (χ4v) is 0.748. The number of carbonyl (C=O) groups excluding carboxylic acids is 1. The molecular weight excluding hydrogens is 144 g/mol. The number of allylic oxidation sites excluding steroid dienone is 2. The summed E-state index contributed by atoms with van der Waals surface area (Å²) in [4.78, 5) is 13.1. The summed E-state index contributed by atoms with van der Waals surface area (Å²) in [5, 5.41) is 10.2. The normalized spacial score (nSPS) is 21.5. The first kappa shape index (κ1) is 7.44. The van der Waals surface area contributed by atoms with E-state index >= 15 is 0 Å². The van der Waals surface area contributed by atoms with Gasteiger partial charge in [0.15, 0.2) is 0 Å². The molecule has 1 rings (SSSR count). The van der Waals surface area contributed by atoms with E-state index in [-0.39, 0.29) is 0 Å². The molecule has 1 aliphatic carbocycles. The Morgan fingerprint density at radius 3 is 2.45 bits per heavy atom. The predicted octanol–water partition coefficient (Wildman–Crippen LogP) is -0.851. The maximum atomic E-state index is 10.2. The second-order valence-corrected chi connectivity index (χ2v) is 2.09. The van der Waals surface area contributed by atoms with E-state index in [0.29, 0.717) is 5.71 Å². The van der Waals surface area contributed by atoms with E-state index in [1.54, 1.807) is 0 Å². The van der Waals surface area contributed by atoms with Crippen LogP contribution in [0.1, 0.15) is 0 Å². The lowest BCUT2D eigenvalue weighted by Crippen LogP contribution is -2.29. The molecule has 56 valence electrons. The predicted molar refractivity (Wildman–Crippen MR) is 35.4 cm³/mol. The number of hydrogen-bond acceptors (Lipinski definition) is 2. The van der Waals surface area contributed by atoms with Crippen LogP contribution < -0.4 is 5.11 Å². The number of carbonyl (C=O) groups is 1. The lowest BCUT2D eigenvalue weighted by molar-refractivity contribution is -0.308. The molecule has 0 amide bonds. The van der Waals surface area contributed by atoms with Crippen LogP contribution in [0.4, 0.5) is 0 Å². The highest BCUT2D eigenvalue weighted by atomic mass is 16.4. The average molecular weight is 149 g/mol. The first-order valence-electron chi connectivity index (χ1n) is 3.03. The molecule has 0 saturated heterocycles. The number of aliphatic carboxylic acids is 1. The van der Waals surface area contributed by atoms with Crippen molar-refractivity contribution in [2.75, 3.05) is 0 Å². The molecule has 4 heteroatoms. The zero-order valence-corrected chi connectivity index (χ0v) is 5.60. The van der Waals surface area contributed by atoms with Gasteiger partial charge >= 0.3 is 5.71 Å². The number of hydrogen-bond donors (Lipinski definition) is 0. The Morgan fingerprint density at radius 2 is 2.09 bits per heavy atom. The summed E-state index contributed by atoms with van der Waals surface area (Å²) in [6, 6.07) is 0. The second kappa shape index (κ2) is 2.94. The van der Waals surface area contributed by atoms with Crippen molar-refractivity contribution in [3.8, 4) is 0 Å². The Morgan fingerprint density at radius 1 is 1.55 bits per heavy atom. The standard InChI is InChI=1S/C7H6N2O2/c8-9-6-3-1-5(2-4-6)7(10)11/h1-5H,(H,10,11)/p-1. The van der Waals surface area contributed by atoms with Gasteiger partial charge in [-0.25, -0.2) is 0 Å². The quantitative estimate of drug-likeness (QED) is 0.359. The van der Waals surface area contributed by atoms with Crippen molar-refractivity contribution in [1.82, 2.24) is 0 Å². The van der Waals surface area contributed by atoms with Crippen molar-refractivity contribution >= 4 is 11.7 Å². The molecule has 11 heavy (non-hydrogen) atoms. The van der Waals surface area contributed by atoms with Gasteiger partial charge in [0.05, 0.1) is 5.97 Å². The molecule has 0 fully saturated rings. The summed E-state index contributed by atoms with van der Waals surface area (Å²) < 4.78 is 0. The van der Waals surface area contributed by atoms with Gasteiger partial charge in [-0.3, -0.25) is 0 Å². The molecule has 0 aromatic heterocycles. The van der Waals surface area contributed by atoms with Crippen molar-refractivity contribution in [2.45, 2.75) is 0 Å². The van der Waals surface area contributed by atoms with Crippen molar-refractivity contribution in [2.24, 2.45) is 5.92 Å². The Balaban J connectivity index is 2.80. The van der Waals surface area contributed by atoms with E-state index < -0.39 is 11.9 Å². The number of carboxylic acid groups (broad SMARTS) is 1. The van der Waals surface area contributed by atoms with E-state index in [1.807, 2.05) is 0 Å². The molecule has 4 nitrogen and oxygen atoms in total.